The first kappa shape index (κ1) is 20.1. The third-order valence-electron chi connectivity index (χ3n) is 3.59. The summed E-state index contributed by atoms with van der Waals surface area (Å²) in [5.74, 6) is -1.01. The first-order chi connectivity index (χ1) is 11.7. The van der Waals surface area contributed by atoms with Gasteiger partial charge in [-0.1, -0.05) is 58.4 Å². The molecule has 0 fully saturated rings. The Balaban J connectivity index is 2.31. The van der Waals surface area contributed by atoms with Crippen molar-refractivity contribution in [2.75, 3.05) is 13.2 Å². The van der Waals surface area contributed by atoms with Gasteiger partial charge in [-0.2, -0.15) is 0 Å². The molecule has 5 nitrogen and oxygen atoms in total. The van der Waals surface area contributed by atoms with E-state index in [0.29, 0.717) is 13.2 Å². The van der Waals surface area contributed by atoms with E-state index in [4.69, 9.17) is 9.47 Å². The Kier molecular flexibility index (Phi) is 10.5. The molecule has 0 unspecified atom stereocenters. The number of hydrogen-bond donors (Lipinski definition) is 0. The summed E-state index contributed by atoms with van der Waals surface area (Å²) in [7, 11) is 0. The van der Waals surface area contributed by atoms with Crippen LogP contribution < -0.4 is 0 Å². The van der Waals surface area contributed by atoms with Crippen molar-refractivity contribution in [2.45, 2.75) is 65.2 Å². The molecule has 24 heavy (non-hydrogen) atoms. The summed E-state index contributed by atoms with van der Waals surface area (Å²) in [6.45, 7) is 4.84. The molecule has 0 saturated carbocycles. The second-order valence-electron chi connectivity index (χ2n) is 5.80. The van der Waals surface area contributed by atoms with E-state index in [2.05, 4.69) is 11.9 Å². The van der Waals surface area contributed by atoms with E-state index in [1.807, 2.05) is 6.92 Å². The third-order valence-corrected chi connectivity index (χ3v) is 3.59. The molecule has 0 atom stereocenters. The number of ether oxygens (including phenoxy) is 2. The minimum atomic E-state index is -0.515. The number of pyridine rings is 1. The molecule has 0 aliphatic rings. The van der Waals surface area contributed by atoms with Crippen LogP contribution in [-0.2, 0) is 9.47 Å². The zero-order valence-corrected chi connectivity index (χ0v) is 14.9. The van der Waals surface area contributed by atoms with Gasteiger partial charge in [0.15, 0.2) is 0 Å². The summed E-state index contributed by atoms with van der Waals surface area (Å²) in [6.07, 6.45) is 8.89. The van der Waals surface area contributed by atoms with Gasteiger partial charge in [0.05, 0.1) is 13.2 Å². The fourth-order valence-electron chi connectivity index (χ4n) is 2.23. The molecule has 0 spiro atoms. The fourth-order valence-corrected chi connectivity index (χ4v) is 2.23. The highest BCUT2D eigenvalue weighted by Gasteiger charge is 2.14. The van der Waals surface area contributed by atoms with E-state index in [0.717, 1.165) is 19.3 Å². The lowest BCUT2D eigenvalue weighted by Gasteiger charge is -2.06. The highest BCUT2D eigenvalue weighted by molar-refractivity contribution is 5.91. The van der Waals surface area contributed by atoms with Crippen molar-refractivity contribution in [2.24, 2.45) is 0 Å². The highest BCUT2D eigenvalue weighted by atomic mass is 16.5. The molecule has 0 aromatic carbocycles. The number of hydrogen-bond acceptors (Lipinski definition) is 5. The minimum Gasteiger partial charge on any atom is -0.461 e. The Bertz CT molecular complexity index is 502. The maximum absolute atomic E-state index is 12.0. The van der Waals surface area contributed by atoms with Crippen LogP contribution in [-0.4, -0.2) is 30.1 Å². The van der Waals surface area contributed by atoms with Gasteiger partial charge in [-0.25, -0.2) is 14.6 Å². The lowest BCUT2D eigenvalue weighted by molar-refractivity contribution is 0.0485. The van der Waals surface area contributed by atoms with Crippen LogP contribution in [0.4, 0.5) is 0 Å². The molecule has 1 rings (SSSR count). The zero-order valence-electron chi connectivity index (χ0n) is 14.9. The van der Waals surface area contributed by atoms with Crippen LogP contribution in [0.25, 0.3) is 0 Å². The summed E-state index contributed by atoms with van der Waals surface area (Å²) >= 11 is 0. The lowest BCUT2D eigenvalue weighted by atomic mass is 10.1. The molecule has 0 bridgehead atoms. The van der Waals surface area contributed by atoms with E-state index in [9.17, 15) is 9.59 Å². The smallest absolute Gasteiger partial charge is 0.356 e. The van der Waals surface area contributed by atoms with Crippen molar-refractivity contribution >= 4 is 11.9 Å². The van der Waals surface area contributed by atoms with Crippen LogP contribution in [0.5, 0.6) is 0 Å². The summed E-state index contributed by atoms with van der Waals surface area (Å²) in [6, 6.07) is 4.69. The Morgan fingerprint density at radius 3 is 1.92 bits per heavy atom. The molecule has 134 valence electrons. The summed E-state index contributed by atoms with van der Waals surface area (Å²) < 4.78 is 10.2. The van der Waals surface area contributed by atoms with Crippen molar-refractivity contribution in [1.82, 2.24) is 4.98 Å². The molecule has 0 aliphatic carbocycles. The maximum atomic E-state index is 12.0. The molecule has 0 saturated heterocycles. The minimum absolute atomic E-state index is 0.133. The zero-order chi connectivity index (χ0) is 17.6. The van der Waals surface area contributed by atoms with E-state index in [1.54, 1.807) is 12.1 Å². The van der Waals surface area contributed by atoms with Gasteiger partial charge in [0.1, 0.15) is 11.4 Å². The van der Waals surface area contributed by atoms with Gasteiger partial charge in [0, 0.05) is 0 Å². The van der Waals surface area contributed by atoms with E-state index >= 15 is 0 Å². The molecule has 0 amide bonds. The van der Waals surface area contributed by atoms with Crippen molar-refractivity contribution in [3.05, 3.63) is 29.6 Å². The largest absolute Gasteiger partial charge is 0.461 e. The molecule has 1 aromatic heterocycles. The first-order valence-corrected chi connectivity index (χ1v) is 9.00. The number of rotatable bonds is 12. The van der Waals surface area contributed by atoms with Gasteiger partial charge in [0.25, 0.3) is 0 Å². The topological polar surface area (TPSA) is 65.5 Å². The second kappa shape index (κ2) is 12.5. The number of nitrogens with zero attached hydrogens (tertiary/aromatic N) is 1. The van der Waals surface area contributed by atoms with Crippen LogP contribution in [0, 0.1) is 0 Å². The van der Waals surface area contributed by atoms with Crippen molar-refractivity contribution in [3.8, 4) is 0 Å². The van der Waals surface area contributed by atoms with Crippen LogP contribution in [0.2, 0.25) is 0 Å². The number of esters is 2. The summed E-state index contributed by atoms with van der Waals surface area (Å²) in [5, 5.41) is 0. The van der Waals surface area contributed by atoms with Gasteiger partial charge in [-0.15, -0.1) is 0 Å². The van der Waals surface area contributed by atoms with Crippen LogP contribution in [0.15, 0.2) is 18.2 Å². The SMILES string of the molecule is CCCCCCCCCOC(=O)c1cccc(C(=O)OCCC)n1. The van der Waals surface area contributed by atoms with E-state index in [-0.39, 0.29) is 11.4 Å². The number of unbranched alkanes of at least 4 members (excludes halogenated alkanes) is 6. The standard InChI is InChI=1S/C19H29NO4/c1-3-5-6-7-8-9-10-15-24-19(22)17-13-11-12-16(20-17)18(21)23-14-4-2/h11-13H,3-10,14-15H2,1-2H3. The number of carbonyl (C=O) groups is 2. The Labute approximate surface area is 144 Å². The van der Waals surface area contributed by atoms with Gasteiger partial charge in [-0.3, -0.25) is 0 Å². The first-order valence-electron chi connectivity index (χ1n) is 9.00. The molecule has 1 aromatic rings. The number of aromatic nitrogens is 1. The Morgan fingerprint density at radius 2 is 1.33 bits per heavy atom. The van der Waals surface area contributed by atoms with Gasteiger partial charge >= 0.3 is 11.9 Å². The molecule has 0 radical (unpaired) electrons. The third kappa shape index (κ3) is 8.09. The quantitative estimate of drug-likeness (QED) is 0.414. The summed E-state index contributed by atoms with van der Waals surface area (Å²) in [5.41, 5.74) is 0.276. The van der Waals surface area contributed by atoms with Crippen LogP contribution in [0.1, 0.15) is 86.2 Å². The molecule has 1 heterocycles. The average Bonchev–Trinajstić information content (AvgIpc) is 2.61. The van der Waals surface area contributed by atoms with Gasteiger partial charge in [0.2, 0.25) is 0 Å². The Morgan fingerprint density at radius 1 is 0.792 bits per heavy atom. The van der Waals surface area contributed by atoms with Crippen LogP contribution in [0.3, 0.4) is 0 Å². The molecular weight excluding hydrogens is 306 g/mol. The number of carbonyl (C=O) groups excluding carboxylic acids is 2. The predicted octanol–water partition coefficient (Wildman–Crippen LogP) is 4.56. The van der Waals surface area contributed by atoms with E-state index < -0.39 is 11.9 Å². The van der Waals surface area contributed by atoms with Crippen molar-refractivity contribution in [1.29, 1.82) is 0 Å². The molecular formula is C19H29NO4. The van der Waals surface area contributed by atoms with Gasteiger partial charge < -0.3 is 9.47 Å². The maximum Gasteiger partial charge on any atom is 0.356 e. The fraction of sp³-hybridized carbons (Fsp3) is 0.632. The second-order valence-corrected chi connectivity index (χ2v) is 5.80. The molecule has 5 heteroatoms. The molecule has 0 N–H and O–H groups in total. The molecule has 0 aliphatic heterocycles. The van der Waals surface area contributed by atoms with Crippen molar-refractivity contribution in [3.63, 3.8) is 0 Å². The van der Waals surface area contributed by atoms with Crippen LogP contribution >= 0.6 is 0 Å². The predicted molar refractivity (Wildman–Crippen MR) is 93.1 cm³/mol. The van der Waals surface area contributed by atoms with Gasteiger partial charge in [-0.05, 0) is 25.0 Å². The average molecular weight is 335 g/mol. The van der Waals surface area contributed by atoms with Crippen molar-refractivity contribution < 1.29 is 19.1 Å². The normalized spacial score (nSPS) is 10.4. The Hall–Kier alpha value is -1.91. The lowest BCUT2D eigenvalue weighted by Crippen LogP contribution is -2.13. The summed E-state index contributed by atoms with van der Waals surface area (Å²) in [4.78, 5) is 27.7. The highest BCUT2D eigenvalue weighted by Crippen LogP contribution is 2.08. The van der Waals surface area contributed by atoms with E-state index in [1.165, 1.54) is 38.2 Å². The monoisotopic (exact) mass is 335 g/mol.